The number of hydrogen-bond acceptors (Lipinski definition) is 4. The van der Waals surface area contributed by atoms with Crippen LogP contribution in [0.15, 0.2) is 48.5 Å². The molecule has 6 nitrogen and oxygen atoms in total. The number of nitrogens with one attached hydrogen (secondary N) is 2. The minimum Gasteiger partial charge on any atom is -0.383 e. The van der Waals surface area contributed by atoms with Crippen molar-refractivity contribution < 1.29 is 9.72 Å². The van der Waals surface area contributed by atoms with E-state index in [4.69, 9.17) is 11.6 Å². The van der Waals surface area contributed by atoms with Crippen molar-refractivity contribution in [2.75, 3.05) is 18.4 Å². The summed E-state index contributed by atoms with van der Waals surface area (Å²) in [6.07, 6.45) is 1.66. The summed E-state index contributed by atoms with van der Waals surface area (Å²) in [6.45, 7) is 1.01. The summed E-state index contributed by atoms with van der Waals surface area (Å²) in [7, 11) is 0. The number of hydrogen-bond donors (Lipinski definition) is 2. The van der Waals surface area contributed by atoms with Crippen molar-refractivity contribution in [2.24, 2.45) is 0 Å². The van der Waals surface area contributed by atoms with E-state index in [1.807, 2.05) is 18.2 Å². The van der Waals surface area contributed by atoms with Gasteiger partial charge in [0.1, 0.15) is 0 Å². The predicted molar refractivity (Wildman–Crippen MR) is 97.0 cm³/mol. The van der Waals surface area contributed by atoms with E-state index in [9.17, 15) is 14.9 Å². The minimum absolute atomic E-state index is 0.0141. The third kappa shape index (κ3) is 3.91. The summed E-state index contributed by atoms with van der Waals surface area (Å²) in [5, 5.41) is 17.3. The number of nitrogens with zero attached hydrogens (tertiary/aromatic N) is 1. The maximum atomic E-state index is 12.5. The molecule has 0 spiro atoms. The van der Waals surface area contributed by atoms with E-state index in [1.54, 1.807) is 18.2 Å². The van der Waals surface area contributed by atoms with Gasteiger partial charge in [-0.15, -0.1) is 0 Å². The Kier molecular flexibility index (Phi) is 4.90. The number of non-ortho nitro benzene ring substituents is 1. The zero-order chi connectivity index (χ0) is 17.9. The van der Waals surface area contributed by atoms with Crippen LogP contribution in [0.4, 0.5) is 11.4 Å². The highest BCUT2D eigenvalue weighted by molar-refractivity contribution is 6.30. The SMILES string of the molecule is O=C(NCCNc1ccc([N+](=O)[O-])cc1)C1(c2cccc(Cl)c2)CC1. The zero-order valence-corrected chi connectivity index (χ0v) is 14.3. The molecule has 7 heteroatoms. The van der Waals surface area contributed by atoms with Crippen molar-refractivity contribution in [2.45, 2.75) is 18.3 Å². The predicted octanol–water partition coefficient (Wildman–Crippen LogP) is 3.51. The maximum absolute atomic E-state index is 12.5. The molecule has 0 aliphatic heterocycles. The molecular weight excluding hydrogens is 342 g/mol. The van der Waals surface area contributed by atoms with Gasteiger partial charge in [0.2, 0.25) is 5.91 Å². The van der Waals surface area contributed by atoms with Gasteiger partial charge in [-0.1, -0.05) is 23.7 Å². The van der Waals surface area contributed by atoms with E-state index in [0.29, 0.717) is 18.1 Å². The standard InChI is InChI=1S/C18H18ClN3O3/c19-14-3-1-2-13(12-14)18(8-9-18)17(23)21-11-10-20-15-4-6-16(7-5-15)22(24)25/h1-7,12,20H,8-11H2,(H,21,23). The third-order valence-corrected chi connectivity index (χ3v) is 4.61. The largest absolute Gasteiger partial charge is 0.383 e. The Morgan fingerprint density at radius 2 is 1.88 bits per heavy atom. The first-order valence-electron chi connectivity index (χ1n) is 8.04. The highest BCUT2D eigenvalue weighted by atomic mass is 35.5. The van der Waals surface area contributed by atoms with Crippen LogP contribution in [0.5, 0.6) is 0 Å². The third-order valence-electron chi connectivity index (χ3n) is 4.38. The molecule has 0 heterocycles. The van der Waals surface area contributed by atoms with E-state index in [1.165, 1.54) is 12.1 Å². The summed E-state index contributed by atoms with van der Waals surface area (Å²) in [5.74, 6) is 0.0141. The Labute approximate surface area is 150 Å². The zero-order valence-electron chi connectivity index (χ0n) is 13.5. The van der Waals surface area contributed by atoms with Gasteiger partial charge >= 0.3 is 0 Å². The van der Waals surface area contributed by atoms with Gasteiger partial charge in [-0.05, 0) is 42.7 Å². The fraction of sp³-hybridized carbons (Fsp3) is 0.278. The van der Waals surface area contributed by atoms with E-state index in [-0.39, 0.29) is 11.6 Å². The lowest BCUT2D eigenvalue weighted by Gasteiger charge is -2.16. The van der Waals surface area contributed by atoms with Crippen LogP contribution in [-0.4, -0.2) is 23.9 Å². The number of carbonyl (C=O) groups is 1. The Morgan fingerprint density at radius 3 is 2.48 bits per heavy atom. The molecule has 1 aliphatic rings. The van der Waals surface area contributed by atoms with Crippen molar-refractivity contribution in [3.8, 4) is 0 Å². The minimum atomic E-state index is -0.446. The van der Waals surface area contributed by atoms with Gasteiger partial charge < -0.3 is 10.6 Å². The highest BCUT2D eigenvalue weighted by Crippen LogP contribution is 2.48. The van der Waals surface area contributed by atoms with E-state index >= 15 is 0 Å². The fourth-order valence-electron chi connectivity index (χ4n) is 2.81. The van der Waals surface area contributed by atoms with Crippen molar-refractivity contribution >= 4 is 28.9 Å². The number of amides is 1. The van der Waals surface area contributed by atoms with Gasteiger partial charge in [-0.3, -0.25) is 14.9 Å². The number of nitro benzene ring substituents is 1. The first-order chi connectivity index (χ1) is 12.0. The molecule has 25 heavy (non-hydrogen) atoms. The van der Waals surface area contributed by atoms with Gasteiger partial charge in [0.05, 0.1) is 10.3 Å². The van der Waals surface area contributed by atoms with Crippen LogP contribution in [0.25, 0.3) is 0 Å². The van der Waals surface area contributed by atoms with Gasteiger partial charge in [-0.2, -0.15) is 0 Å². The molecule has 0 saturated heterocycles. The summed E-state index contributed by atoms with van der Waals surface area (Å²) in [6, 6.07) is 13.6. The molecule has 2 aromatic carbocycles. The van der Waals surface area contributed by atoms with Crippen molar-refractivity contribution in [3.63, 3.8) is 0 Å². The lowest BCUT2D eigenvalue weighted by molar-refractivity contribution is -0.384. The summed E-state index contributed by atoms with van der Waals surface area (Å²) in [4.78, 5) is 22.7. The molecule has 1 amide bonds. The Hall–Kier alpha value is -2.60. The molecular formula is C18H18ClN3O3. The molecule has 130 valence electrons. The normalized spacial score (nSPS) is 14.6. The van der Waals surface area contributed by atoms with Crippen molar-refractivity contribution in [3.05, 3.63) is 69.2 Å². The number of anilines is 1. The van der Waals surface area contributed by atoms with Crippen molar-refractivity contribution in [1.82, 2.24) is 5.32 Å². The van der Waals surface area contributed by atoms with Crippen molar-refractivity contribution in [1.29, 1.82) is 0 Å². The molecule has 2 N–H and O–H groups in total. The number of nitro groups is 1. The lowest BCUT2D eigenvalue weighted by Crippen LogP contribution is -2.37. The van der Waals surface area contributed by atoms with Crippen LogP contribution in [0.1, 0.15) is 18.4 Å². The van der Waals surface area contributed by atoms with Crippen LogP contribution < -0.4 is 10.6 Å². The second-order valence-electron chi connectivity index (χ2n) is 6.08. The van der Waals surface area contributed by atoms with Crippen LogP contribution in [0, 0.1) is 10.1 Å². The molecule has 2 aromatic rings. The summed E-state index contributed by atoms with van der Waals surface area (Å²) >= 11 is 6.02. The summed E-state index contributed by atoms with van der Waals surface area (Å²) < 4.78 is 0. The molecule has 1 fully saturated rings. The number of benzene rings is 2. The second kappa shape index (κ2) is 7.11. The molecule has 0 atom stereocenters. The average Bonchev–Trinajstić information content (AvgIpc) is 3.41. The van der Waals surface area contributed by atoms with Crippen LogP contribution in [0.2, 0.25) is 5.02 Å². The number of halogens is 1. The lowest BCUT2D eigenvalue weighted by atomic mass is 9.95. The highest BCUT2D eigenvalue weighted by Gasteiger charge is 2.51. The molecule has 1 aliphatic carbocycles. The van der Waals surface area contributed by atoms with Gasteiger partial charge in [0, 0.05) is 35.9 Å². The number of carbonyl (C=O) groups excluding carboxylic acids is 1. The van der Waals surface area contributed by atoms with Gasteiger partial charge in [-0.25, -0.2) is 0 Å². The Balaban J connectivity index is 1.49. The molecule has 0 aromatic heterocycles. The van der Waals surface area contributed by atoms with Gasteiger partial charge in [0.25, 0.3) is 5.69 Å². The first kappa shape index (κ1) is 17.2. The smallest absolute Gasteiger partial charge is 0.269 e. The molecule has 0 radical (unpaired) electrons. The van der Waals surface area contributed by atoms with E-state index in [0.717, 1.165) is 24.1 Å². The Bertz CT molecular complexity index is 788. The van der Waals surface area contributed by atoms with Crippen LogP contribution in [0.3, 0.4) is 0 Å². The summed E-state index contributed by atoms with van der Waals surface area (Å²) in [5.41, 5.74) is 1.34. The number of rotatable bonds is 7. The molecule has 3 rings (SSSR count). The van der Waals surface area contributed by atoms with Crippen LogP contribution in [-0.2, 0) is 10.2 Å². The second-order valence-corrected chi connectivity index (χ2v) is 6.52. The van der Waals surface area contributed by atoms with Gasteiger partial charge in [0.15, 0.2) is 0 Å². The maximum Gasteiger partial charge on any atom is 0.269 e. The molecule has 1 saturated carbocycles. The first-order valence-corrected chi connectivity index (χ1v) is 8.42. The monoisotopic (exact) mass is 359 g/mol. The fourth-order valence-corrected chi connectivity index (χ4v) is 3.00. The van der Waals surface area contributed by atoms with E-state index < -0.39 is 10.3 Å². The molecule has 0 bridgehead atoms. The molecule has 0 unspecified atom stereocenters. The topological polar surface area (TPSA) is 84.3 Å². The quantitative estimate of drug-likeness (QED) is 0.450. The van der Waals surface area contributed by atoms with E-state index in [2.05, 4.69) is 10.6 Å². The van der Waals surface area contributed by atoms with Crippen LogP contribution >= 0.6 is 11.6 Å². The average molecular weight is 360 g/mol. The Morgan fingerprint density at radius 1 is 1.16 bits per heavy atom.